The smallest absolute Gasteiger partial charge is 0.222 e. The molecule has 1 aromatic heterocycles. The number of hydrogen-bond acceptors (Lipinski definition) is 4. The Hall–Kier alpha value is -1.16. The van der Waals surface area contributed by atoms with Crippen molar-refractivity contribution in [3.63, 3.8) is 0 Å². The van der Waals surface area contributed by atoms with Gasteiger partial charge in [-0.3, -0.25) is 4.90 Å². The second-order valence-electron chi connectivity index (χ2n) is 6.80. The number of aromatic nitrogens is 2. The number of likely N-dealkylation sites (tertiary alicyclic amines) is 1. The zero-order chi connectivity index (χ0) is 14.8. The Morgan fingerprint density at radius 1 is 1.38 bits per heavy atom. The summed E-state index contributed by atoms with van der Waals surface area (Å²) < 4.78 is 0. The molecule has 1 N–H and O–H groups in total. The molecule has 0 aromatic carbocycles. The highest BCUT2D eigenvalue weighted by Crippen LogP contribution is 2.35. The molecule has 4 heteroatoms. The molecule has 1 saturated heterocycles. The maximum absolute atomic E-state index is 4.77. The number of rotatable bonds is 4. The molecule has 1 aliphatic carbocycles. The van der Waals surface area contributed by atoms with Gasteiger partial charge in [0.1, 0.15) is 0 Å². The standard InChI is InChI=1S/C17H28N4/c1-4-7-18-17-19-11-14-10-16-13(9-15(14)20-17)6-5-8-21(16)12(2)3/h11-13,16H,4-10H2,1-3H3,(H,18,19,20)/t13-,16-/m1/s1. The molecule has 21 heavy (non-hydrogen) atoms. The Kier molecular flexibility index (Phi) is 4.43. The highest BCUT2D eigenvalue weighted by molar-refractivity contribution is 5.32. The summed E-state index contributed by atoms with van der Waals surface area (Å²) in [5, 5.41) is 3.31. The fourth-order valence-corrected chi connectivity index (χ4v) is 3.91. The summed E-state index contributed by atoms with van der Waals surface area (Å²) in [6.45, 7) is 9.02. The zero-order valence-electron chi connectivity index (χ0n) is 13.6. The lowest BCUT2D eigenvalue weighted by Gasteiger charge is -2.46. The molecule has 2 aliphatic rings. The van der Waals surface area contributed by atoms with Crippen LogP contribution in [0.15, 0.2) is 6.20 Å². The molecule has 116 valence electrons. The largest absolute Gasteiger partial charge is 0.354 e. The van der Waals surface area contributed by atoms with Crippen molar-refractivity contribution >= 4 is 5.95 Å². The second kappa shape index (κ2) is 6.30. The second-order valence-corrected chi connectivity index (χ2v) is 6.80. The topological polar surface area (TPSA) is 41.1 Å². The first-order valence-electron chi connectivity index (χ1n) is 8.53. The zero-order valence-corrected chi connectivity index (χ0v) is 13.6. The number of hydrogen-bond donors (Lipinski definition) is 1. The lowest BCUT2D eigenvalue weighted by molar-refractivity contribution is 0.0572. The van der Waals surface area contributed by atoms with Crippen molar-refractivity contribution in [2.75, 3.05) is 18.4 Å². The molecule has 0 bridgehead atoms. The minimum atomic E-state index is 0.644. The molecule has 2 heterocycles. The Labute approximate surface area is 128 Å². The minimum Gasteiger partial charge on any atom is -0.354 e. The first-order chi connectivity index (χ1) is 10.2. The average Bonchev–Trinajstić information content (AvgIpc) is 2.49. The highest BCUT2D eigenvalue weighted by atomic mass is 15.2. The van der Waals surface area contributed by atoms with Crippen LogP contribution in [0.3, 0.4) is 0 Å². The van der Waals surface area contributed by atoms with E-state index in [-0.39, 0.29) is 0 Å². The van der Waals surface area contributed by atoms with E-state index in [0.717, 1.165) is 37.7 Å². The van der Waals surface area contributed by atoms with Crippen LogP contribution in [0.4, 0.5) is 5.95 Å². The van der Waals surface area contributed by atoms with Crippen LogP contribution in [0.25, 0.3) is 0 Å². The molecule has 1 aliphatic heterocycles. The van der Waals surface area contributed by atoms with Crippen molar-refractivity contribution in [1.82, 2.24) is 14.9 Å². The van der Waals surface area contributed by atoms with Gasteiger partial charge in [0, 0.05) is 30.5 Å². The van der Waals surface area contributed by atoms with Crippen molar-refractivity contribution in [3.8, 4) is 0 Å². The summed E-state index contributed by atoms with van der Waals surface area (Å²) in [5.41, 5.74) is 2.65. The van der Waals surface area contributed by atoms with E-state index < -0.39 is 0 Å². The maximum Gasteiger partial charge on any atom is 0.222 e. The fourth-order valence-electron chi connectivity index (χ4n) is 3.91. The first kappa shape index (κ1) is 14.8. The van der Waals surface area contributed by atoms with Crippen LogP contribution < -0.4 is 5.32 Å². The van der Waals surface area contributed by atoms with Gasteiger partial charge in [-0.2, -0.15) is 0 Å². The van der Waals surface area contributed by atoms with E-state index in [9.17, 15) is 0 Å². The van der Waals surface area contributed by atoms with Crippen molar-refractivity contribution in [2.24, 2.45) is 5.92 Å². The first-order valence-corrected chi connectivity index (χ1v) is 8.53. The molecule has 0 spiro atoms. The quantitative estimate of drug-likeness (QED) is 0.925. The van der Waals surface area contributed by atoms with Crippen LogP contribution in [0.5, 0.6) is 0 Å². The predicted octanol–water partition coefficient (Wildman–Crippen LogP) is 2.89. The van der Waals surface area contributed by atoms with Gasteiger partial charge in [0.15, 0.2) is 0 Å². The van der Waals surface area contributed by atoms with Crippen LogP contribution in [0.1, 0.15) is 51.3 Å². The van der Waals surface area contributed by atoms with Crippen molar-refractivity contribution in [2.45, 2.75) is 65.0 Å². The van der Waals surface area contributed by atoms with E-state index >= 15 is 0 Å². The lowest BCUT2D eigenvalue weighted by atomic mass is 9.77. The van der Waals surface area contributed by atoms with Gasteiger partial charge in [0.05, 0.1) is 0 Å². The lowest BCUT2D eigenvalue weighted by Crippen LogP contribution is -2.52. The molecule has 0 radical (unpaired) electrons. The van der Waals surface area contributed by atoms with Gasteiger partial charge < -0.3 is 5.32 Å². The molecule has 1 fully saturated rings. The molecule has 0 unspecified atom stereocenters. The molecular weight excluding hydrogens is 260 g/mol. The Balaban J connectivity index is 1.79. The Bertz CT molecular complexity index is 486. The molecular formula is C17H28N4. The molecule has 2 atom stereocenters. The van der Waals surface area contributed by atoms with Gasteiger partial charge in [-0.15, -0.1) is 0 Å². The van der Waals surface area contributed by atoms with Gasteiger partial charge in [0.25, 0.3) is 0 Å². The molecule has 3 rings (SSSR count). The summed E-state index contributed by atoms with van der Waals surface area (Å²) >= 11 is 0. The third-order valence-corrected chi connectivity index (χ3v) is 5.00. The summed E-state index contributed by atoms with van der Waals surface area (Å²) in [7, 11) is 0. The fraction of sp³-hybridized carbons (Fsp3) is 0.765. The van der Waals surface area contributed by atoms with E-state index in [2.05, 4.69) is 42.2 Å². The van der Waals surface area contributed by atoms with Gasteiger partial charge in [-0.1, -0.05) is 6.92 Å². The monoisotopic (exact) mass is 288 g/mol. The van der Waals surface area contributed by atoms with Crippen LogP contribution in [-0.4, -0.2) is 40.0 Å². The van der Waals surface area contributed by atoms with Crippen molar-refractivity contribution in [3.05, 3.63) is 17.5 Å². The number of anilines is 1. The third-order valence-electron chi connectivity index (χ3n) is 5.00. The molecule has 0 amide bonds. The van der Waals surface area contributed by atoms with Gasteiger partial charge in [-0.05, 0) is 64.0 Å². The highest BCUT2D eigenvalue weighted by Gasteiger charge is 2.37. The summed E-state index contributed by atoms with van der Waals surface area (Å²) in [5.74, 6) is 1.59. The van der Waals surface area contributed by atoms with Crippen LogP contribution >= 0.6 is 0 Å². The predicted molar refractivity (Wildman–Crippen MR) is 86.6 cm³/mol. The summed E-state index contributed by atoms with van der Waals surface area (Å²) in [6.07, 6.45) is 8.12. The third kappa shape index (κ3) is 3.05. The molecule has 4 nitrogen and oxygen atoms in total. The number of nitrogens with zero attached hydrogens (tertiary/aromatic N) is 3. The maximum atomic E-state index is 4.77. The minimum absolute atomic E-state index is 0.644. The van der Waals surface area contributed by atoms with E-state index in [1.807, 2.05) is 0 Å². The summed E-state index contributed by atoms with van der Waals surface area (Å²) in [6, 6.07) is 1.34. The number of nitrogens with one attached hydrogen (secondary N) is 1. The summed E-state index contributed by atoms with van der Waals surface area (Å²) in [4.78, 5) is 12.0. The van der Waals surface area contributed by atoms with Gasteiger partial charge >= 0.3 is 0 Å². The van der Waals surface area contributed by atoms with Crippen molar-refractivity contribution in [1.29, 1.82) is 0 Å². The number of piperidine rings is 1. The Morgan fingerprint density at radius 2 is 2.24 bits per heavy atom. The Morgan fingerprint density at radius 3 is 3.00 bits per heavy atom. The van der Waals surface area contributed by atoms with E-state index in [1.54, 1.807) is 0 Å². The van der Waals surface area contributed by atoms with E-state index in [4.69, 9.17) is 4.98 Å². The van der Waals surface area contributed by atoms with Crippen LogP contribution in [0, 0.1) is 5.92 Å². The molecule has 0 saturated carbocycles. The van der Waals surface area contributed by atoms with E-state index in [1.165, 1.54) is 30.6 Å². The SMILES string of the molecule is CCCNc1ncc2c(n1)C[C@H]1CCCN(C(C)C)[C@@H]1C2. The van der Waals surface area contributed by atoms with Crippen molar-refractivity contribution < 1.29 is 0 Å². The van der Waals surface area contributed by atoms with Gasteiger partial charge in [-0.25, -0.2) is 9.97 Å². The van der Waals surface area contributed by atoms with E-state index in [0.29, 0.717) is 12.1 Å². The molecule has 1 aromatic rings. The van der Waals surface area contributed by atoms with Crippen LogP contribution in [-0.2, 0) is 12.8 Å². The normalized spacial score (nSPS) is 25.5. The average molecular weight is 288 g/mol. The van der Waals surface area contributed by atoms with Crippen LogP contribution in [0.2, 0.25) is 0 Å². The van der Waals surface area contributed by atoms with Gasteiger partial charge in [0.2, 0.25) is 5.95 Å². The number of fused-ring (bicyclic) bond motifs is 2.